The van der Waals surface area contributed by atoms with Gasteiger partial charge in [-0.05, 0) is 68.1 Å². The molecule has 0 radical (unpaired) electrons. The molecule has 3 aromatic rings. The summed E-state index contributed by atoms with van der Waals surface area (Å²) < 4.78 is 24.7. The van der Waals surface area contributed by atoms with E-state index >= 15 is 0 Å². The maximum Gasteiger partial charge on any atom is 0.412 e. The molecule has 0 saturated heterocycles. The van der Waals surface area contributed by atoms with Crippen molar-refractivity contribution < 1.29 is 33.0 Å². The lowest BCUT2D eigenvalue weighted by Crippen LogP contribution is -2.30. The fourth-order valence-corrected chi connectivity index (χ4v) is 5.10. The van der Waals surface area contributed by atoms with E-state index in [2.05, 4.69) is 25.7 Å². The maximum absolute atomic E-state index is 14.7. The number of benzene rings is 2. The lowest BCUT2D eigenvalue weighted by molar-refractivity contribution is -0.129. The summed E-state index contributed by atoms with van der Waals surface area (Å²) in [5.41, 5.74) is 3.28. The number of methoxy groups -OCH3 is 1. The van der Waals surface area contributed by atoms with Crippen LogP contribution in [-0.2, 0) is 25.5 Å². The predicted octanol–water partition coefficient (Wildman–Crippen LogP) is 7.10. The zero-order valence-electron chi connectivity index (χ0n) is 25.7. The molecule has 0 saturated carbocycles. The smallest absolute Gasteiger partial charge is 0.412 e. The minimum absolute atomic E-state index is 0.00671. The molecule has 2 heterocycles. The first-order chi connectivity index (χ1) is 22.1. The minimum atomic E-state index is -0.837. The van der Waals surface area contributed by atoms with E-state index in [1.807, 2.05) is 19.1 Å². The molecule has 11 nitrogen and oxygen atoms in total. The van der Waals surface area contributed by atoms with Crippen LogP contribution in [0.4, 0.5) is 31.0 Å². The molecule has 46 heavy (non-hydrogen) atoms. The van der Waals surface area contributed by atoms with Gasteiger partial charge in [-0.15, -0.1) is 0 Å². The van der Waals surface area contributed by atoms with Gasteiger partial charge in [0.15, 0.2) is 5.82 Å². The third-order valence-electron chi connectivity index (χ3n) is 7.29. The van der Waals surface area contributed by atoms with Gasteiger partial charge in [0.05, 0.1) is 41.2 Å². The Morgan fingerprint density at radius 3 is 2.74 bits per heavy atom. The Kier molecular flexibility index (Phi) is 11.7. The molecular weight excluding hydrogens is 617 g/mol. The molecule has 0 aliphatic carbocycles. The van der Waals surface area contributed by atoms with Crippen molar-refractivity contribution in [3.05, 3.63) is 82.9 Å². The number of likely N-dealkylation sites (N-methyl/N-ethyl adjacent to an activating group) is 1. The van der Waals surface area contributed by atoms with Crippen LogP contribution in [0, 0.1) is 5.82 Å². The van der Waals surface area contributed by atoms with Gasteiger partial charge in [-0.3, -0.25) is 25.2 Å². The van der Waals surface area contributed by atoms with E-state index in [1.165, 1.54) is 24.1 Å². The molecule has 4 amide bonds. The second kappa shape index (κ2) is 15.8. The minimum Gasteiger partial charge on any atom is -0.453 e. The highest BCUT2D eigenvalue weighted by Gasteiger charge is 2.30. The lowest BCUT2D eigenvalue weighted by atomic mass is 10.0. The second-order valence-corrected chi connectivity index (χ2v) is 11.0. The number of hydrogen-bond acceptors (Lipinski definition) is 7. The van der Waals surface area contributed by atoms with E-state index in [9.17, 15) is 23.6 Å². The molecule has 13 heteroatoms. The van der Waals surface area contributed by atoms with Crippen LogP contribution in [0.15, 0.2) is 60.8 Å². The maximum atomic E-state index is 14.7. The lowest BCUT2D eigenvalue weighted by Gasteiger charge is -2.27. The van der Waals surface area contributed by atoms with E-state index in [1.54, 1.807) is 43.6 Å². The zero-order chi connectivity index (χ0) is 33.2. The van der Waals surface area contributed by atoms with Gasteiger partial charge in [-0.2, -0.15) is 0 Å². The van der Waals surface area contributed by atoms with E-state index < -0.39 is 24.1 Å². The Labute approximate surface area is 271 Å². The third kappa shape index (κ3) is 8.81. The monoisotopic (exact) mass is 651 g/mol. The molecule has 1 atom stereocenters. The molecule has 1 aliphatic heterocycles. The highest BCUT2D eigenvalue weighted by atomic mass is 35.5. The Balaban J connectivity index is 1.43. The van der Waals surface area contributed by atoms with Gasteiger partial charge in [0, 0.05) is 37.5 Å². The standard InChI is InChI=1S/C33H35ClFN5O6/c1-4-5-6-9-28(41)38-26-18-21(37-32(43)45-3)10-11-23(26)20-14-15-36-22(17-20)19-29(42)40(2)16-7-8-27-30-25(39-33(44)46-27)13-12-24(34)31(30)35/h4-5,10-15,17-18,27H,6-9,16,19H2,1-3H3,(H,37,43)(H,38,41)(H,39,44)/b5-4+. The molecule has 0 fully saturated rings. The average molecular weight is 652 g/mol. The number of hydrogen-bond donors (Lipinski definition) is 3. The Morgan fingerprint density at radius 2 is 1.98 bits per heavy atom. The molecular formula is C33H35ClFN5O6. The van der Waals surface area contributed by atoms with Gasteiger partial charge < -0.3 is 19.7 Å². The van der Waals surface area contributed by atoms with Gasteiger partial charge in [0.2, 0.25) is 11.8 Å². The second-order valence-electron chi connectivity index (χ2n) is 10.5. The summed E-state index contributed by atoms with van der Waals surface area (Å²) in [5, 5.41) is 7.92. The molecule has 242 valence electrons. The van der Waals surface area contributed by atoms with Crippen LogP contribution in [0.25, 0.3) is 11.1 Å². The fourth-order valence-electron chi connectivity index (χ4n) is 4.93. The number of nitrogens with one attached hydrogen (secondary N) is 3. The Bertz CT molecular complexity index is 1650. The Morgan fingerprint density at radius 1 is 1.17 bits per heavy atom. The summed E-state index contributed by atoms with van der Waals surface area (Å²) in [4.78, 5) is 55.4. The van der Waals surface area contributed by atoms with E-state index in [4.69, 9.17) is 16.3 Å². The number of amides is 4. The number of cyclic esters (lactones) is 1. The van der Waals surface area contributed by atoms with Crippen molar-refractivity contribution in [2.45, 2.75) is 45.1 Å². The van der Waals surface area contributed by atoms with Crippen LogP contribution in [0.3, 0.4) is 0 Å². The number of halogens is 2. The van der Waals surface area contributed by atoms with Gasteiger partial charge in [0.25, 0.3) is 0 Å². The number of pyridine rings is 1. The summed E-state index contributed by atoms with van der Waals surface area (Å²) in [6, 6.07) is 11.5. The number of aromatic nitrogens is 1. The van der Waals surface area contributed by atoms with Crippen molar-refractivity contribution in [2.24, 2.45) is 0 Å². The summed E-state index contributed by atoms with van der Waals surface area (Å²) in [7, 11) is 2.91. The number of ether oxygens (including phenoxy) is 2. The normalized spacial score (nSPS) is 13.8. The number of allylic oxidation sites excluding steroid dienone is 2. The van der Waals surface area contributed by atoms with Gasteiger partial charge in [0.1, 0.15) is 6.10 Å². The van der Waals surface area contributed by atoms with Crippen molar-refractivity contribution in [2.75, 3.05) is 36.7 Å². The molecule has 0 spiro atoms. The first-order valence-electron chi connectivity index (χ1n) is 14.6. The quantitative estimate of drug-likeness (QED) is 0.178. The van der Waals surface area contributed by atoms with Gasteiger partial charge in [-0.25, -0.2) is 14.0 Å². The molecule has 3 N–H and O–H groups in total. The van der Waals surface area contributed by atoms with E-state index in [-0.39, 0.29) is 41.7 Å². The molecule has 4 rings (SSSR count). The SMILES string of the molecule is C/C=C/CCC(=O)Nc1cc(NC(=O)OC)ccc1-c1ccnc(CC(=O)N(C)CCCC2OC(=O)Nc3ccc(Cl)c(F)c32)c1. The van der Waals surface area contributed by atoms with Gasteiger partial charge in [-0.1, -0.05) is 29.8 Å². The van der Waals surface area contributed by atoms with Crippen LogP contribution in [0.2, 0.25) is 5.02 Å². The number of fused-ring (bicyclic) bond motifs is 1. The Hall–Kier alpha value is -4.97. The summed E-state index contributed by atoms with van der Waals surface area (Å²) in [6.45, 7) is 2.21. The van der Waals surface area contributed by atoms with Crippen molar-refractivity contribution in [1.29, 1.82) is 0 Å². The van der Waals surface area contributed by atoms with Gasteiger partial charge >= 0.3 is 12.2 Å². The number of rotatable bonds is 12. The first-order valence-corrected chi connectivity index (χ1v) is 15.0. The third-order valence-corrected chi connectivity index (χ3v) is 7.58. The first kappa shape index (κ1) is 33.9. The van der Waals surface area contributed by atoms with Crippen LogP contribution in [0.5, 0.6) is 0 Å². The van der Waals surface area contributed by atoms with E-state index in [0.29, 0.717) is 53.3 Å². The van der Waals surface area contributed by atoms with Crippen molar-refractivity contribution >= 4 is 52.7 Å². The molecule has 0 bridgehead atoms. The van der Waals surface area contributed by atoms with Crippen LogP contribution >= 0.6 is 11.6 Å². The number of anilines is 3. The fraction of sp³-hybridized carbons (Fsp3) is 0.303. The molecule has 1 aromatic heterocycles. The van der Waals surface area contributed by atoms with Crippen molar-refractivity contribution in [3.8, 4) is 11.1 Å². The molecule has 2 aromatic carbocycles. The number of carbonyl (C=O) groups is 4. The topological polar surface area (TPSA) is 139 Å². The predicted molar refractivity (Wildman–Crippen MR) is 173 cm³/mol. The van der Waals surface area contributed by atoms with Crippen LogP contribution < -0.4 is 16.0 Å². The summed E-state index contributed by atoms with van der Waals surface area (Å²) >= 11 is 5.94. The largest absolute Gasteiger partial charge is 0.453 e. The number of carbonyl (C=O) groups excluding carboxylic acids is 4. The average Bonchev–Trinajstić information content (AvgIpc) is 3.03. The summed E-state index contributed by atoms with van der Waals surface area (Å²) in [6.07, 6.45) is 4.77. The van der Waals surface area contributed by atoms with Crippen molar-refractivity contribution in [3.63, 3.8) is 0 Å². The zero-order valence-corrected chi connectivity index (χ0v) is 26.4. The molecule has 1 aliphatic rings. The molecule has 1 unspecified atom stereocenters. The van der Waals surface area contributed by atoms with Crippen LogP contribution in [-0.4, -0.2) is 54.6 Å². The van der Waals surface area contributed by atoms with Crippen molar-refractivity contribution in [1.82, 2.24) is 9.88 Å². The van der Waals surface area contributed by atoms with E-state index in [0.717, 1.165) is 0 Å². The highest BCUT2D eigenvalue weighted by molar-refractivity contribution is 6.31. The number of nitrogens with zero attached hydrogens (tertiary/aromatic N) is 2. The summed E-state index contributed by atoms with van der Waals surface area (Å²) in [5.74, 6) is -1.05. The van der Waals surface area contributed by atoms with Crippen LogP contribution in [0.1, 0.15) is 50.0 Å². The highest BCUT2D eigenvalue weighted by Crippen LogP contribution is 2.38.